The average Bonchev–Trinajstić information content (AvgIpc) is 3.29. The Labute approximate surface area is 222 Å². The number of hydrogen-bond acceptors (Lipinski definition) is 4. The van der Waals surface area contributed by atoms with E-state index in [2.05, 4.69) is 5.43 Å². The van der Waals surface area contributed by atoms with Gasteiger partial charge in [0, 0.05) is 13.1 Å². The molecule has 2 aromatic rings. The van der Waals surface area contributed by atoms with Crippen LogP contribution >= 0.6 is 11.6 Å². The van der Waals surface area contributed by atoms with Crippen LogP contribution in [0.25, 0.3) is 11.3 Å². The predicted octanol–water partition coefficient (Wildman–Crippen LogP) is 7.30. The third-order valence-corrected chi connectivity index (χ3v) is 6.41. The molecule has 2 aliphatic rings. The lowest BCUT2D eigenvalue weighted by Crippen LogP contribution is -2.54. The molecule has 11 heteroatoms. The second-order valence-electron chi connectivity index (χ2n) is 10.1. The molecule has 1 atom stereocenters. The van der Waals surface area contributed by atoms with E-state index in [1.54, 1.807) is 56.0 Å². The van der Waals surface area contributed by atoms with E-state index < -0.39 is 29.8 Å². The minimum Gasteiger partial charge on any atom is -0.444 e. The van der Waals surface area contributed by atoms with Crippen molar-refractivity contribution in [3.05, 3.63) is 76.8 Å². The van der Waals surface area contributed by atoms with Gasteiger partial charge in [-0.15, -0.1) is 0 Å². The van der Waals surface area contributed by atoms with Gasteiger partial charge in [-0.05, 0) is 68.2 Å². The maximum absolute atomic E-state index is 14.3. The SMILES string of the molecule is CC(C)(C)OC(=O)N1CC=C(c2cccc(C3=CC(C(F)(F)C(F)(F)F)NN3c3ccccc3Cl)c2)CC1. The summed E-state index contributed by atoms with van der Waals surface area (Å²) in [5.74, 6) is -5.02. The number of benzene rings is 2. The fourth-order valence-corrected chi connectivity index (χ4v) is 4.42. The molecule has 0 radical (unpaired) electrons. The van der Waals surface area contributed by atoms with Crippen LogP contribution in [0.4, 0.5) is 32.4 Å². The first-order valence-corrected chi connectivity index (χ1v) is 12.3. The first-order valence-electron chi connectivity index (χ1n) is 11.9. The number of hydrogen-bond donors (Lipinski definition) is 1. The van der Waals surface area contributed by atoms with Crippen molar-refractivity contribution in [1.29, 1.82) is 0 Å². The van der Waals surface area contributed by atoms with E-state index in [0.717, 1.165) is 22.2 Å². The summed E-state index contributed by atoms with van der Waals surface area (Å²) in [6, 6.07) is 10.8. The highest BCUT2D eigenvalue weighted by Gasteiger charge is 2.63. The molecule has 1 amide bonds. The first kappa shape index (κ1) is 27.9. The normalized spacial score (nSPS) is 18.8. The molecular formula is C27H27ClF5N3O2. The molecule has 38 heavy (non-hydrogen) atoms. The molecule has 0 spiro atoms. The van der Waals surface area contributed by atoms with Crippen molar-refractivity contribution in [3.63, 3.8) is 0 Å². The molecule has 2 aliphatic heterocycles. The quantitative estimate of drug-likeness (QED) is 0.402. The maximum Gasteiger partial charge on any atom is 0.455 e. The van der Waals surface area contributed by atoms with Gasteiger partial charge < -0.3 is 9.64 Å². The molecule has 0 saturated heterocycles. The number of para-hydroxylation sites is 1. The molecule has 2 aromatic carbocycles. The number of nitrogens with zero attached hydrogens (tertiary/aromatic N) is 2. The average molecular weight is 556 g/mol. The Hall–Kier alpha value is -3.11. The first-order chi connectivity index (χ1) is 17.7. The van der Waals surface area contributed by atoms with Crippen molar-refractivity contribution < 1.29 is 31.5 Å². The minimum atomic E-state index is -5.75. The number of amides is 1. The number of hydrazine groups is 1. The van der Waals surface area contributed by atoms with Gasteiger partial charge in [0.1, 0.15) is 11.6 Å². The van der Waals surface area contributed by atoms with E-state index in [4.69, 9.17) is 16.3 Å². The van der Waals surface area contributed by atoms with Gasteiger partial charge in [0.05, 0.1) is 16.4 Å². The van der Waals surface area contributed by atoms with Crippen LogP contribution in [0, 0.1) is 0 Å². The number of carbonyl (C=O) groups excluding carboxylic acids is 1. The predicted molar refractivity (Wildman–Crippen MR) is 137 cm³/mol. The van der Waals surface area contributed by atoms with Gasteiger partial charge >= 0.3 is 18.2 Å². The Morgan fingerprint density at radius 1 is 1.03 bits per heavy atom. The zero-order valence-corrected chi connectivity index (χ0v) is 21.7. The Balaban J connectivity index is 1.65. The maximum atomic E-state index is 14.3. The van der Waals surface area contributed by atoms with Gasteiger partial charge in [-0.1, -0.05) is 48.0 Å². The standard InChI is InChI=1S/C27H27ClF5N3O2/c1-25(2,3)38-24(37)35-13-11-17(12-14-35)18-7-6-8-19(15-18)22-16-23(26(29,30)27(31,32)33)34-36(22)21-10-5-4-9-20(21)28/h4-11,15-16,23,34H,12-14H2,1-3H3. The molecule has 0 aliphatic carbocycles. The van der Waals surface area contributed by atoms with Gasteiger partial charge in [-0.2, -0.15) is 22.0 Å². The smallest absolute Gasteiger partial charge is 0.444 e. The van der Waals surface area contributed by atoms with E-state index in [0.29, 0.717) is 25.1 Å². The molecule has 204 valence electrons. The number of alkyl halides is 5. The highest BCUT2D eigenvalue weighted by Crippen LogP contribution is 2.43. The third-order valence-electron chi connectivity index (χ3n) is 6.09. The summed E-state index contributed by atoms with van der Waals surface area (Å²) in [4.78, 5) is 13.9. The van der Waals surface area contributed by atoms with Crippen molar-refractivity contribution in [2.24, 2.45) is 0 Å². The molecule has 0 fully saturated rings. The van der Waals surface area contributed by atoms with Crippen LogP contribution in [-0.4, -0.2) is 47.8 Å². The number of halogens is 6. The Morgan fingerprint density at radius 2 is 1.71 bits per heavy atom. The molecule has 1 N–H and O–H groups in total. The summed E-state index contributed by atoms with van der Waals surface area (Å²) >= 11 is 6.27. The van der Waals surface area contributed by atoms with Crippen molar-refractivity contribution in [2.75, 3.05) is 18.1 Å². The fraction of sp³-hybridized carbons (Fsp3) is 0.370. The molecule has 0 saturated carbocycles. The van der Waals surface area contributed by atoms with E-state index in [1.165, 1.54) is 12.1 Å². The van der Waals surface area contributed by atoms with Crippen LogP contribution in [0.2, 0.25) is 5.02 Å². The summed E-state index contributed by atoms with van der Waals surface area (Å²) in [5.41, 5.74) is 4.12. The summed E-state index contributed by atoms with van der Waals surface area (Å²) in [7, 11) is 0. The summed E-state index contributed by atoms with van der Waals surface area (Å²) in [5, 5.41) is 1.33. The van der Waals surface area contributed by atoms with E-state index in [-0.39, 0.29) is 16.4 Å². The number of rotatable bonds is 4. The van der Waals surface area contributed by atoms with Crippen molar-refractivity contribution in [2.45, 2.75) is 50.9 Å². The zero-order chi connectivity index (χ0) is 27.9. The molecule has 5 nitrogen and oxygen atoms in total. The van der Waals surface area contributed by atoms with Gasteiger partial charge in [0.15, 0.2) is 0 Å². The van der Waals surface area contributed by atoms with Gasteiger partial charge in [-0.25, -0.2) is 10.2 Å². The fourth-order valence-electron chi connectivity index (χ4n) is 4.20. The number of ether oxygens (including phenoxy) is 1. The van der Waals surface area contributed by atoms with Crippen molar-refractivity contribution in [1.82, 2.24) is 10.3 Å². The Morgan fingerprint density at radius 3 is 2.32 bits per heavy atom. The zero-order valence-electron chi connectivity index (χ0n) is 21.0. The molecular weight excluding hydrogens is 529 g/mol. The van der Waals surface area contributed by atoms with Crippen LogP contribution in [0.3, 0.4) is 0 Å². The van der Waals surface area contributed by atoms with Gasteiger partial charge in [0.25, 0.3) is 0 Å². The molecule has 0 aromatic heterocycles. The van der Waals surface area contributed by atoms with E-state index >= 15 is 0 Å². The number of carbonyl (C=O) groups is 1. The van der Waals surface area contributed by atoms with Crippen LogP contribution in [-0.2, 0) is 4.74 Å². The van der Waals surface area contributed by atoms with Gasteiger partial charge in [0.2, 0.25) is 0 Å². The monoisotopic (exact) mass is 555 g/mol. The summed E-state index contributed by atoms with van der Waals surface area (Å²) in [6.45, 7) is 6.10. The highest BCUT2D eigenvalue weighted by molar-refractivity contribution is 6.33. The molecule has 1 unspecified atom stereocenters. The lowest BCUT2D eigenvalue weighted by atomic mass is 9.96. The van der Waals surface area contributed by atoms with Crippen molar-refractivity contribution >= 4 is 34.7 Å². The van der Waals surface area contributed by atoms with Crippen LogP contribution < -0.4 is 10.4 Å². The van der Waals surface area contributed by atoms with Crippen molar-refractivity contribution in [3.8, 4) is 0 Å². The topological polar surface area (TPSA) is 44.8 Å². The lowest BCUT2D eigenvalue weighted by Gasteiger charge is -2.30. The minimum absolute atomic E-state index is 0.112. The summed E-state index contributed by atoms with van der Waals surface area (Å²) in [6.07, 6.45) is -2.91. The van der Waals surface area contributed by atoms with E-state index in [1.807, 2.05) is 12.1 Å². The molecule has 0 bridgehead atoms. The molecule has 2 heterocycles. The Kier molecular flexibility index (Phi) is 7.51. The second-order valence-corrected chi connectivity index (χ2v) is 10.5. The Bertz CT molecular complexity index is 1270. The van der Waals surface area contributed by atoms with E-state index in [9.17, 15) is 26.7 Å². The largest absolute Gasteiger partial charge is 0.455 e. The number of anilines is 1. The summed E-state index contributed by atoms with van der Waals surface area (Å²) < 4.78 is 73.7. The van der Waals surface area contributed by atoms with Crippen LogP contribution in [0.1, 0.15) is 38.3 Å². The lowest BCUT2D eigenvalue weighted by molar-refractivity contribution is -0.287. The number of nitrogens with one attached hydrogen (secondary N) is 1. The van der Waals surface area contributed by atoms with Gasteiger partial charge in [-0.3, -0.25) is 5.01 Å². The van der Waals surface area contributed by atoms with Crippen LogP contribution in [0.15, 0.2) is 60.7 Å². The second kappa shape index (κ2) is 10.2. The van der Waals surface area contributed by atoms with Crippen LogP contribution in [0.5, 0.6) is 0 Å². The third kappa shape index (κ3) is 5.81. The molecule has 4 rings (SSSR count). The highest BCUT2D eigenvalue weighted by atomic mass is 35.5.